The number of aliphatic hydroxyl groups is 1. The molecule has 3 aromatic rings. The molecule has 1 aliphatic carbocycles. The fraction of sp³-hybridized carbons (Fsp3) is 0.348. The van der Waals surface area contributed by atoms with Gasteiger partial charge in [0, 0.05) is 40.8 Å². The van der Waals surface area contributed by atoms with Crippen LogP contribution in [0.2, 0.25) is 5.15 Å². The first-order valence-electron chi connectivity index (χ1n) is 10.2. The van der Waals surface area contributed by atoms with Crippen molar-refractivity contribution in [3.63, 3.8) is 0 Å². The lowest BCUT2D eigenvalue weighted by atomic mass is 9.91. The first-order chi connectivity index (χ1) is 14.2. The van der Waals surface area contributed by atoms with Crippen LogP contribution in [0.1, 0.15) is 36.8 Å². The van der Waals surface area contributed by atoms with E-state index in [0.717, 1.165) is 59.0 Å². The van der Waals surface area contributed by atoms with E-state index in [1.807, 2.05) is 36.8 Å². The molecule has 0 bridgehead atoms. The molecule has 3 heterocycles. The summed E-state index contributed by atoms with van der Waals surface area (Å²) < 4.78 is 0. The number of halogens is 1. The third kappa shape index (κ3) is 3.61. The molecule has 1 fully saturated rings. The molecule has 0 unspecified atom stereocenters. The molecule has 2 atom stereocenters. The first-order valence-corrected chi connectivity index (χ1v) is 10.5. The van der Waals surface area contributed by atoms with Gasteiger partial charge in [-0.05, 0) is 48.6 Å². The quantitative estimate of drug-likeness (QED) is 0.679. The van der Waals surface area contributed by atoms with E-state index in [0.29, 0.717) is 11.8 Å². The van der Waals surface area contributed by atoms with E-state index in [1.165, 1.54) is 5.56 Å². The highest BCUT2D eigenvalue weighted by Crippen LogP contribution is 2.24. The van der Waals surface area contributed by atoms with Gasteiger partial charge in [-0.1, -0.05) is 30.5 Å². The lowest BCUT2D eigenvalue weighted by Crippen LogP contribution is -2.47. The topological polar surface area (TPSA) is 61.6 Å². The second-order valence-electron chi connectivity index (χ2n) is 7.92. The van der Waals surface area contributed by atoms with Crippen LogP contribution in [0.5, 0.6) is 0 Å². The Morgan fingerprint density at radius 2 is 2.00 bits per heavy atom. The second kappa shape index (κ2) is 7.73. The summed E-state index contributed by atoms with van der Waals surface area (Å²) in [5.41, 5.74) is 2.29. The first kappa shape index (κ1) is 18.5. The average molecular weight is 407 g/mol. The number of pyridine rings is 2. The zero-order valence-corrected chi connectivity index (χ0v) is 16.9. The van der Waals surface area contributed by atoms with E-state index in [-0.39, 0.29) is 12.1 Å². The summed E-state index contributed by atoms with van der Waals surface area (Å²) in [7, 11) is 0. The molecule has 1 aromatic carbocycles. The molecule has 0 amide bonds. The fourth-order valence-corrected chi connectivity index (χ4v) is 4.66. The van der Waals surface area contributed by atoms with Crippen LogP contribution in [0.15, 0.2) is 47.8 Å². The van der Waals surface area contributed by atoms with Gasteiger partial charge >= 0.3 is 0 Å². The monoisotopic (exact) mass is 406 g/mol. The smallest absolute Gasteiger partial charge is 0.129 e. The van der Waals surface area contributed by atoms with Gasteiger partial charge in [-0.3, -0.25) is 9.98 Å². The number of hydrogen-bond donors (Lipinski definition) is 1. The van der Waals surface area contributed by atoms with Crippen molar-refractivity contribution in [3.05, 3.63) is 69.7 Å². The largest absolute Gasteiger partial charge is 0.391 e. The van der Waals surface area contributed by atoms with E-state index in [4.69, 9.17) is 16.6 Å². The number of benzene rings is 1. The highest BCUT2D eigenvalue weighted by molar-refractivity contribution is 6.29. The minimum Gasteiger partial charge on any atom is -0.391 e. The molecule has 29 heavy (non-hydrogen) atoms. The van der Waals surface area contributed by atoms with E-state index in [9.17, 15) is 5.11 Å². The summed E-state index contributed by atoms with van der Waals surface area (Å²) in [5, 5.41) is 15.3. The molecule has 1 saturated carbocycles. The van der Waals surface area contributed by atoms with Gasteiger partial charge in [-0.25, -0.2) is 4.98 Å². The van der Waals surface area contributed by atoms with Gasteiger partial charge in [0.2, 0.25) is 0 Å². The normalized spacial score (nSPS) is 21.4. The van der Waals surface area contributed by atoms with E-state index < -0.39 is 0 Å². The van der Waals surface area contributed by atoms with E-state index in [2.05, 4.69) is 27.1 Å². The van der Waals surface area contributed by atoms with Crippen molar-refractivity contribution in [1.82, 2.24) is 14.9 Å². The van der Waals surface area contributed by atoms with Crippen molar-refractivity contribution in [3.8, 4) is 0 Å². The van der Waals surface area contributed by atoms with Gasteiger partial charge in [-0.2, -0.15) is 0 Å². The third-order valence-corrected chi connectivity index (χ3v) is 6.25. The fourth-order valence-electron chi connectivity index (χ4n) is 4.55. The van der Waals surface area contributed by atoms with Crippen LogP contribution < -0.4 is 10.6 Å². The minimum absolute atomic E-state index is 0.151. The summed E-state index contributed by atoms with van der Waals surface area (Å²) in [6.45, 7) is 0.590. The van der Waals surface area contributed by atoms with Crippen LogP contribution in [0.25, 0.3) is 17.0 Å². The van der Waals surface area contributed by atoms with Gasteiger partial charge < -0.3 is 10.0 Å². The maximum absolute atomic E-state index is 10.5. The second-order valence-corrected chi connectivity index (χ2v) is 8.31. The van der Waals surface area contributed by atoms with Crippen LogP contribution in [-0.2, 0) is 6.42 Å². The Morgan fingerprint density at radius 1 is 1.10 bits per heavy atom. The Bertz CT molecular complexity index is 1160. The maximum atomic E-state index is 10.5. The highest BCUT2D eigenvalue weighted by atomic mass is 35.5. The molecule has 2 aliphatic rings. The standard InChI is InChI=1S/C23H23ClN4O/c24-22-6-5-15(11-26-22)9-16-10-17-13-28(20-3-1-2-4-21(20)29)14-27-23(17)18-7-8-25-12-19(16)18/h5-8,10-13,20-21,29H,1-4,9,14H2/t20-,21-/m0/s1. The molecule has 0 radical (unpaired) electrons. The SMILES string of the molecule is O[C@H]1CCCC[C@@H]1N1C=c2cc(Cc3ccc(Cl)nc3)c3cnccc3c2=NC1. The van der Waals surface area contributed by atoms with Gasteiger partial charge in [0.15, 0.2) is 0 Å². The molecule has 5 rings (SSSR count). The Balaban J connectivity index is 1.60. The van der Waals surface area contributed by atoms with Crippen molar-refractivity contribution in [2.45, 2.75) is 44.2 Å². The van der Waals surface area contributed by atoms with Crippen molar-refractivity contribution >= 4 is 28.6 Å². The van der Waals surface area contributed by atoms with Crippen LogP contribution in [-0.4, -0.2) is 38.8 Å². The maximum Gasteiger partial charge on any atom is 0.129 e. The van der Waals surface area contributed by atoms with Gasteiger partial charge in [0.1, 0.15) is 11.8 Å². The lowest BCUT2D eigenvalue weighted by Gasteiger charge is -2.37. The zero-order chi connectivity index (χ0) is 19.8. The lowest BCUT2D eigenvalue weighted by molar-refractivity contribution is 0.0489. The average Bonchev–Trinajstić information content (AvgIpc) is 2.75. The Morgan fingerprint density at radius 3 is 2.83 bits per heavy atom. The number of nitrogens with zero attached hydrogens (tertiary/aromatic N) is 4. The van der Waals surface area contributed by atoms with Crippen molar-refractivity contribution in [2.75, 3.05) is 6.67 Å². The van der Waals surface area contributed by atoms with Crippen LogP contribution in [0.3, 0.4) is 0 Å². The summed E-state index contributed by atoms with van der Waals surface area (Å²) in [6.07, 6.45) is 12.4. The van der Waals surface area contributed by atoms with Crippen LogP contribution in [0.4, 0.5) is 0 Å². The number of aliphatic hydroxyl groups excluding tert-OH is 1. The van der Waals surface area contributed by atoms with E-state index >= 15 is 0 Å². The Kier molecular flexibility index (Phi) is 4.94. The summed E-state index contributed by atoms with van der Waals surface area (Å²) in [5.74, 6) is 0. The van der Waals surface area contributed by atoms with E-state index in [1.54, 1.807) is 0 Å². The van der Waals surface area contributed by atoms with Crippen LogP contribution in [0, 0.1) is 0 Å². The third-order valence-electron chi connectivity index (χ3n) is 6.03. The molecule has 5 nitrogen and oxygen atoms in total. The number of hydrogen-bond acceptors (Lipinski definition) is 5. The molecule has 148 valence electrons. The molecule has 6 heteroatoms. The molecule has 0 saturated heterocycles. The molecular weight excluding hydrogens is 384 g/mol. The Hall–Kier alpha value is -2.50. The zero-order valence-electron chi connectivity index (χ0n) is 16.1. The number of fused-ring (bicyclic) bond motifs is 3. The highest BCUT2D eigenvalue weighted by Gasteiger charge is 2.27. The number of rotatable bonds is 3. The van der Waals surface area contributed by atoms with Gasteiger partial charge in [0.25, 0.3) is 0 Å². The van der Waals surface area contributed by atoms with Gasteiger partial charge in [-0.15, -0.1) is 0 Å². The van der Waals surface area contributed by atoms with Crippen molar-refractivity contribution < 1.29 is 5.11 Å². The summed E-state index contributed by atoms with van der Waals surface area (Å²) >= 11 is 5.94. The Labute approximate surface area is 174 Å². The molecule has 1 N–H and O–H groups in total. The molecule has 0 spiro atoms. The predicted octanol–water partition coefficient (Wildman–Crippen LogP) is 2.81. The molecular formula is C23H23ClN4O. The van der Waals surface area contributed by atoms with Crippen molar-refractivity contribution in [2.24, 2.45) is 4.99 Å². The van der Waals surface area contributed by atoms with Crippen LogP contribution >= 0.6 is 11.6 Å². The predicted molar refractivity (Wildman–Crippen MR) is 114 cm³/mol. The van der Waals surface area contributed by atoms with Crippen molar-refractivity contribution in [1.29, 1.82) is 0 Å². The molecule has 2 aromatic heterocycles. The minimum atomic E-state index is -0.277. The summed E-state index contributed by atoms with van der Waals surface area (Å²) in [6, 6.07) is 8.23. The molecule has 1 aliphatic heterocycles. The van der Waals surface area contributed by atoms with Gasteiger partial charge in [0.05, 0.1) is 17.5 Å². The number of aromatic nitrogens is 2. The summed E-state index contributed by atoms with van der Waals surface area (Å²) in [4.78, 5) is 15.7.